The minimum absolute atomic E-state index is 0.0859. The SMILES string of the molecule is Cc1ccc(SC(C)C(=O)N2CCCN(S(=O)(=O)N3CCCCC3)CC2)cc1. The van der Waals surface area contributed by atoms with E-state index in [0.717, 1.165) is 24.2 Å². The summed E-state index contributed by atoms with van der Waals surface area (Å²) in [6.45, 7) is 7.16. The van der Waals surface area contributed by atoms with Gasteiger partial charge in [0.2, 0.25) is 5.91 Å². The van der Waals surface area contributed by atoms with E-state index in [1.165, 1.54) is 5.56 Å². The Labute approximate surface area is 173 Å². The molecular weight excluding hydrogens is 394 g/mol. The van der Waals surface area contributed by atoms with Gasteiger partial charge in [-0.3, -0.25) is 4.79 Å². The molecule has 2 fully saturated rings. The average Bonchev–Trinajstić information content (AvgIpc) is 2.96. The second kappa shape index (κ2) is 9.61. The summed E-state index contributed by atoms with van der Waals surface area (Å²) < 4.78 is 29.0. The van der Waals surface area contributed by atoms with Crippen molar-refractivity contribution >= 4 is 27.9 Å². The van der Waals surface area contributed by atoms with Gasteiger partial charge in [0.05, 0.1) is 5.25 Å². The lowest BCUT2D eigenvalue weighted by Crippen LogP contribution is -2.47. The van der Waals surface area contributed by atoms with Crippen LogP contribution in [0.3, 0.4) is 0 Å². The second-order valence-electron chi connectivity index (χ2n) is 7.62. The van der Waals surface area contributed by atoms with Crippen molar-refractivity contribution < 1.29 is 13.2 Å². The maximum atomic E-state index is 12.9. The van der Waals surface area contributed by atoms with Gasteiger partial charge >= 0.3 is 0 Å². The number of benzene rings is 1. The molecule has 2 heterocycles. The number of aryl methyl sites for hydroxylation is 1. The molecule has 0 N–H and O–H groups in total. The highest BCUT2D eigenvalue weighted by atomic mass is 32.2. The fourth-order valence-corrected chi connectivity index (χ4v) is 6.40. The second-order valence-corrected chi connectivity index (χ2v) is 11.0. The summed E-state index contributed by atoms with van der Waals surface area (Å²) in [5.74, 6) is 0.0859. The normalized spacial score (nSPS) is 21.3. The molecule has 28 heavy (non-hydrogen) atoms. The number of thioether (sulfide) groups is 1. The Kier molecular flexibility index (Phi) is 7.42. The van der Waals surface area contributed by atoms with E-state index in [4.69, 9.17) is 0 Å². The number of nitrogens with zero attached hydrogens (tertiary/aromatic N) is 3. The highest BCUT2D eigenvalue weighted by Crippen LogP contribution is 2.25. The minimum Gasteiger partial charge on any atom is -0.340 e. The van der Waals surface area contributed by atoms with Crippen molar-refractivity contribution in [3.05, 3.63) is 29.8 Å². The largest absolute Gasteiger partial charge is 0.340 e. The molecule has 8 heteroatoms. The van der Waals surface area contributed by atoms with E-state index in [2.05, 4.69) is 12.1 Å². The van der Waals surface area contributed by atoms with Crippen LogP contribution in [0.25, 0.3) is 0 Å². The van der Waals surface area contributed by atoms with Crippen molar-refractivity contribution in [3.63, 3.8) is 0 Å². The molecule has 0 radical (unpaired) electrons. The Morgan fingerprint density at radius 3 is 2.18 bits per heavy atom. The van der Waals surface area contributed by atoms with E-state index >= 15 is 0 Å². The highest BCUT2D eigenvalue weighted by Gasteiger charge is 2.33. The van der Waals surface area contributed by atoms with Crippen LogP contribution in [0.2, 0.25) is 0 Å². The first kappa shape index (κ1) is 21.6. The molecule has 1 aromatic carbocycles. The zero-order valence-corrected chi connectivity index (χ0v) is 18.5. The van der Waals surface area contributed by atoms with Crippen molar-refractivity contribution in [1.82, 2.24) is 13.5 Å². The van der Waals surface area contributed by atoms with E-state index in [9.17, 15) is 13.2 Å². The van der Waals surface area contributed by atoms with Crippen molar-refractivity contribution in [2.75, 3.05) is 39.3 Å². The molecule has 0 spiro atoms. The molecule has 1 aromatic rings. The summed E-state index contributed by atoms with van der Waals surface area (Å²) in [5, 5.41) is -0.187. The number of rotatable bonds is 5. The summed E-state index contributed by atoms with van der Waals surface area (Å²) >= 11 is 1.56. The molecule has 1 unspecified atom stereocenters. The van der Waals surface area contributed by atoms with E-state index in [1.54, 1.807) is 20.4 Å². The maximum absolute atomic E-state index is 12.9. The van der Waals surface area contributed by atoms with Gasteiger partial charge < -0.3 is 4.90 Å². The predicted octanol–water partition coefficient (Wildman–Crippen LogP) is 2.74. The Balaban J connectivity index is 1.57. The number of piperidine rings is 1. The summed E-state index contributed by atoms with van der Waals surface area (Å²) in [7, 11) is -3.41. The van der Waals surface area contributed by atoms with Crippen molar-refractivity contribution in [1.29, 1.82) is 0 Å². The standard InChI is InChI=1S/C20H31N3O3S2/c1-17-7-9-19(10-8-17)27-18(2)20(24)21-11-6-14-23(16-15-21)28(25,26)22-12-4-3-5-13-22/h7-10,18H,3-6,11-16H2,1-2H3. The Morgan fingerprint density at radius 1 is 0.893 bits per heavy atom. The molecule has 6 nitrogen and oxygen atoms in total. The molecule has 3 rings (SSSR count). The molecular formula is C20H31N3O3S2. The Bertz CT molecular complexity index is 761. The van der Waals surface area contributed by atoms with Gasteiger partial charge in [-0.15, -0.1) is 11.8 Å². The first-order valence-electron chi connectivity index (χ1n) is 10.2. The van der Waals surface area contributed by atoms with Crippen LogP contribution in [0.15, 0.2) is 29.2 Å². The quantitative estimate of drug-likeness (QED) is 0.681. The smallest absolute Gasteiger partial charge is 0.282 e. The molecule has 1 atom stereocenters. The van der Waals surface area contributed by atoms with Crippen LogP contribution in [0.5, 0.6) is 0 Å². The number of carbonyl (C=O) groups excluding carboxylic acids is 1. The Hall–Kier alpha value is -1.09. The molecule has 2 aliphatic rings. The fourth-order valence-electron chi connectivity index (χ4n) is 3.73. The lowest BCUT2D eigenvalue weighted by molar-refractivity contribution is -0.130. The first-order valence-corrected chi connectivity index (χ1v) is 12.4. The van der Waals surface area contributed by atoms with Gasteiger partial charge in [-0.1, -0.05) is 24.1 Å². The lowest BCUT2D eigenvalue weighted by Gasteiger charge is -2.31. The van der Waals surface area contributed by atoms with Gasteiger partial charge in [0, 0.05) is 44.2 Å². The number of hydrogen-bond acceptors (Lipinski definition) is 4. The first-order chi connectivity index (χ1) is 13.4. The van der Waals surface area contributed by atoms with Crippen molar-refractivity contribution in [3.8, 4) is 0 Å². The van der Waals surface area contributed by atoms with Crippen molar-refractivity contribution in [2.45, 2.75) is 49.7 Å². The van der Waals surface area contributed by atoms with Crippen molar-refractivity contribution in [2.24, 2.45) is 0 Å². The Morgan fingerprint density at radius 2 is 1.50 bits per heavy atom. The third-order valence-corrected chi connectivity index (χ3v) is 8.55. The zero-order chi connectivity index (χ0) is 20.1. The van der Waals surface area contributed by atoms with Crippen LogP contribution in [0, 0.1) is 6.92 Å². The highest BCUT2D eigenvalue weighted by molar-refractivity contribution is 8.00. The molecule has 0 saturated carbocycles. The molecule has 2 saturated heterocycles. The third kappa shape index (κ3) is 5.28. The number of hydrogen-bond donors (Lipinski definition) is 0. The molecule has 2 aliphatic heterocycles. The van der Waals surface area contributed by atoms with Gasteiger partial charge in [-0.05, 0) is 45.2 Å². The molecule has 0 aromatic heterocycles. The van der Waals surface area contributed by atoms with E-state index in [-0.39, 0.29) is 11.2 Å². The van der Waals surface area contributed by atoms with E-state index < -0.39 is 10.2 Å². The van der Waals surface area contributed by atoms with Crippen LogP contribution < -0.4 is 0 Å². The van der Waals surface area contributed by atoms with E-state index in [1.807, 2.05) is 30.9 Å². The zero-order valence-electron chi connectivity index (χ0n) is 16.8. The predicted molar refractivity (Wildman–Crippen MR) is 114 cm³/mol. The van der Waals surface area contributed by atoms with Gasteiger partial charge in [0.25, 0.3) is 10.2 Å². The topological polar surface area (TPSA) is 60.9 Å². The average molecular weight is 426 g/mol. The molecule has 0 aliphatic carbocycles. The summed E-state index contributed by atoms with van der Waals surface area (Å²) in [6.07, 6.45) is 3.66. The number of carbonyl (C=O) groups is 1. The lowest BCUT2D eigenvalue weighted by atomic mass is 10.2. The van der Waals surface area contributed by atoms with Crippen LogP contribution in [-0.2, 0) is 15.0 Å². The van der Waals surface area contributed by atoms with E-state index in [0.29, 0.717) is 45.7 Å². The van der Waals surface area contributed by atoms with Gasteiger partial charge in [0.15, 0.2) is 0 Å². The molecule has 0 bridgehead atoms. The summed E-state index contributed by atoms with van der Waals surface area (Å²) in [4.78, 5) is 15.8. The van der Waals surface area contributed by atoms with Crippen LogP contribution >= 0.6 is 11.8 Å². The summed E-state index contributed by atoms with van der Waals surface area (Å²) in [5.41, 5.74) is 1.20. The van der Waals surface area contributed by atoms with Crippen LogP contribution in [0.4, 0.5) is 0 Å². The third-order valence-electron chi connectivity index (χ3n) is 5.42. The molecule has 156 valence electrons. The van der Waals surface area contributed by atoms with Crippen LogP contribution in [0.1, 0.15) is 38.2 Å². The van der Waals surface area contributed by atoms with Gasteiger partial charge in [-0.25, -0.2) is 0 Å². The van der Waals surface area contributed by atoms with Crippen LogP contribution in [-0.4, -0.2) is 72.4 Å². The number of amides is 1. The fraction of sp³-hybridized carbons (Fsp3) is 0.650. The monoisotopic (exact) mass is 425 g/mol. The van der Waals surface area contributed by atoms with Gasteiger partial charge in [0.1, 0.15) is 0 Å². The maximum Gasteiger partial charge on any atom is 0.282 e. The summed E-state index contributed by atoms with van der Waals surface area (Å²) in [6, 6.07) is 8.18. The van der Waals surface area contributed by atoms with Gasteiger partial charge in [-0.2, -0.15) is 17.0 Å². The minimum atomic E-state index is -3.41. The molecule has 1 amide bonds.